The molecule has 1 nitrogen and oxygen atoms in total. The van der Waals surface area contributed by atoms with Crippen LogP contribution in [0.5, 0.6) is 0 Å². The SMILES string of the molecule is C[O+]=Cc1ccc(F)cc1. The highest BCUT2D eigenvalue weighted by atomic mass is 19.1. The van der Waals surface area contributed by atoms with E-state index in [0.29, 0.717) is 0 Å². The van der Waals surface area contributed by atoms with Crippen molar-refractivity contribution in [3.8, 4) is 0 Å². The lowest BCUT2D eigenvalue weighted by Gasteiger charge is -1.84. The highest BCUT2D eigenvalue weighted by Gasteiger charge is 1.92. The minimum atomic E-state index is -0.228. The zero-order valence-electron chi connectivity index (χ0n) is 5.67. The molecular weight excluding hydrogens is 131 g/mol. The minimum Gasteiger partial charge on any atom is -0.265 e. The average molecular weight is 139 g/mol. The van der Waals surface area contributed by atoms with Crippen LogP contribution in [0.4, 0.5) is 4.39 Å². The van der Waals surface area contributed by atoms with Gasteiger partial charge in [0, 0.05) is 0 Å². The van der Waals surface area contributed by atoms with Gasteiger partial charge in [0.1, 0.15) is 5.82 Å². The molecule has 1 aromatic carbocycles. The predicted molar refractivity (Wildman–Crippen MR) is 37.7 cm³/mol. The van der Waals surface area contributed by atoms with Crippen molar-refractivity contribution in [2.45, 2.75) is 0 Å². The van der Waals surface area contributed by atoms with E-state index in [1.54, 1.807) is 25.5 Å². The molecule has 10 heavy (non-hydrogen) atoms. The quantitative estimate of drug-likeness (QED) is 0.415. The Labute approximate surface area is 58.8 Å². The van der Waals surface area contributed by atoms with Crippen molar-refractivity contribution in [2.24, 2.45) is 0 Å². The Morgan fingerprint density at radius 2 is 1.90 bits per heavy atom. The van der Waals surface area contributed by atoms with Gasteiger partial charge in [-0.25, -0.2) is 4.39 Å². The number of aldehydes is 1. The normalized spacial score (nSPS) is 10.6. The molecular formula is C8H8FO+. The maximum atomic E-state index is 12.3. The van der Waals surface area contributed by atoms with E-state index in [4.69, 9.17) is 4.42 Å². The Bertz CT molecular complexity index is 226. The molecule has 0 aromatic heterocycles. The third-order valence-corrected chi connectivity index (χ3v) is 1.12. The van der Waals surface area contributed by atoms with Crippen LogP contribution in [-0.4, -0.2) is 13.4 Å². The summed E-state index contributed by atoms with van der Waals surface area (Å²) in [6.07, 6.45) is 1.56. The summed E-state index contributed by atoms with van der Waals surface area (Å²) < 4.78 is 17.0. The second kappa shape index (κ2) is 3.11. The van der Waals surface area contributed by atoms with Gasteiger partial charge in [0.2, 0.25) is 0 Å². The molecule has 0 saturated carbocycles. The molecule has 2 heteroatoms. The van der Waals surface area contributed by atoms with Gasteiger partial charge in [0.05, 0.1) is 5.56 Å². The molecule has 52 valence electrons. The van der Waals surface area contributed by atoms with Crippen LogP contribution in [0.3, 0.4) is 0 Å². The molecule has 0 atom stereocenters. The van der Waals surface area contributed by atoms with Gasteiger partial charge in [0.25, 0.3) is 7.11 Å². The van der Waals surface area contributed by atoms with Gasteiger partial charge in [-0.3, -0.25) is 4.42 Å². The van der Waals surface area contributed by atoms with Gasteiger partial charge in [0.15, 0.2) is 0 Å². The van der Waals surface area contributed by atoms with E-state index in [2.05, 4.69) is 0 Å². The average Bonchev–Trinajstić information content (AvgIpc) is 1.95. The first-order valence-corrected chi connectivity index (χ1v) is 2.94. The number of carbonyl (C=O) groups excluding carboxylic acids is 1. The van der Waals surface area contributed by atoms with Gasteiger partial charge in [-0.2, -0.15) is 0 Å². The molecule has 0 fully saturated rings. The highest BCUT2D eigenvalue weighted by molar-refractivity contribution is 5.74. The molecule has 0 spiro atoms. The smallest absolute Gasteiger partial charge is 0.265 e. The third kappa shape index (κ3) is 1.65. The van der Waals surface area contributed by atoms with Crippen molar-refractivity contribution in [2.75, 3.05) is 7.11 Å². The Morgan fingerprint density at radius 3 is 2.40 bits per heavy atom. The Kier molecular flexibility index (Phi) is 2.15. The van der Waals surface area contributed by atoms with E-state index in [0.717, 1.165) is 5.56 Å². The summed E-state index contributed by atoms with van der Waals surface area (Å²) in [4.78, 5) is 0. The number of benzene rings is 1. The first-order valence-electron chi connectivity index (χ1n) is 2.94. The predicted octanol–water partition coefficient (Wildman–Crippen LogP) is 1.80. The van der Waals surface area contributed by atoms with Crippen LogP contribution in [0.2, 0.25) is 0 Å². The molecule has 1 rings (SSSR count). The third-order valence-electron chi connectivity index (χ3n) is 1.12. The van der Waals surface area contributed by atoms with Crippen molar-refractivity contribution in [1.82, 2.24) is 0 Å². The zero-order chi connectivity index (χ0) is 7.40. The van der Waals surface area contributed by atoms with E-state index in [-0.39, 0.29) is 5.82 Å². The summed E-state index contributed by atoms with van der Waals surface area (Å²) in [7, 11) is 1.56. The highest BCUT2D eigenvalue weighted by Crippen LogP contribution is 1.98. The fourth-order valence-electron chi connectivity index (χ4n) is 0.677. The lowest BCUT2D eigenvalue weighted by atomic mass is 10.2. The van der Waals surface area contributed by atoms with Gasteiger partial charge < -0.3 is 0 Å². The molecule has 1 aromatic rings. The summed E-state index contributed by atoms with van der Waals surface area (Å²) >= 11 is 0. The first kappa shape index (κ1) is 6.93. The van der Waals surface area contributed by atoms with Crippen LogP contribution in [0.15, 0.2) is 24.3 Å². The maximum absolute atomic E-state index is 12.3. The first-order chi connectivity index (χ1) is 4.83. The van der Waals surface area contributed by atoms with Crippen LogP contribution in [-0.2, 0) is 0 Å². The molecule has 0 radical (unpaired) electrons. The second-order valence-electron chi connectivity index (χ2n) is 1.91. The van der Waals surface area contributed by atoms with Crippen LogP contribution in [0, 0.1) is 5.82 Å². The van der Waals surface area contributed by atoms with Gasteiger partial charge in [-0.1, -0.05) is 0 Å². The lowest BCUT2D eigenvalue weighted by molar-refractivity contribution is -0.217. The van der Waals surface area contributed by atoms with E-state index in [1.807, 2.05) is 0 Å². The van der Waals surface area contributed by atoms with Gasteiger partial charge >= 0.3 is 6.29 Å². The fraction of sp³-hybridized carbons (Fsp3) is 0.125. The fourth-order valence-corrected chi connectivity index (χ4v) is 0.677. The largest absolute Gasteiger partial charge is 0.315 e. The zero-order valence-corrected chi connectivity index (χ0v) is 5.67. The van der Waals surface area contributed by atoms with E-state index in [9.17, 15) is 4.39 Å². The van der Waals surface area contributed by atoms with E-state index in [1.165, 1.54) is 12.1 Å². The van der Waals surface area contributed by atoms with Crippen LogP contribution in [0.25, 0.3) is 0 Å². The molecule has 0 saturated heterocycles. The van der Waals surface area contributed by atoms with Crippen LogP contribution < -0.4 is 0 Å². The van der Waals surface area contributed by atoms with Crippen molar-refractivity contribution >= 4 is 6.29 Å². The molecule has 0 amide bonds. The van der Waals surface area contributed by atoms with Gasteiger partial charge in [-0.15, -0.1) is 0 Å². The van der Waals surface area contributed by atoms with E-state index >= 15 is 0 Å². The monoisotopic (exact) mass is 139 g/mol. The van der Waals surface area contributed by atoms with Crippen molar-refractivity contribution in [3.63, 3.8) is 0 Å². The standard InChI is InChI=1S/C8H8FO/c1-10-6-7-2-4-8(9)5-3-7/h2-6H,1H3/q+1. The Morgan fingerprint density at radius 1 is 1.30 bits per heavy atom. The summed E-state index contributed by atoms with van der Waals surface area (Å²) in [5.41, 5.74) is 0.865. The molecule has 0 aliphatic heterocycles. The van der Waals surface area contributed by atoms with Gasteiger partial charge in [-0.05, 0) is 24.3 Å². The van der Waals surface area contributed by atoms with Crippen molar-refractivity contribution in [1.29, 1.82) is 0 Å². The molecule has 0 bridgehead atoms. The number of halogens is 1. The molecule has 0 unspecified atom stereocenters. The molecule has 0 N–H and O–H groups in total. The topological polar surface area (TPSA) is 11.3 Å². The van der Waals surface area contributed by atoms with Crippen LogP contribution in [0.1, 0.15) is 9.99 Å². The van der Waals surface area contributed by atoms with Crippen molar-refractivity contribution < 1.29 is 8.82 Å². The maximum Gasteiger partial charge on any atom is 0.315 e. The summed E-state index contributed by atoms with van der Waals surface area (Å²) in [5.74, 6) is -0.228. The summed E-state index contributed by atoms with van der Waals surface area (Å²) in [6, 6.07) is 6.09. The van der Waals surface area contributed by atoms with Crippen LogP contribution >= 0.6 is 0 Å². The van der Waals surface area contributed by atoms with Crippen molar-refractivity contribution in [3.05, 3.63) is 35.6 Å². The second-order valence-corrected chi connectivity index (χ2v) is 1.91. The Balaban J connectivity index is 2.89. The lowest BCUT2D eigenvalue weighted by Crippen LogP contribution is -1.80. The Hall–Kier alpha value is -1.18. The number of rotatable bonds is 1. The molecule has 0 aliphatic carbocycles. The summed E-state index contributed by atoms with van der Waals surface area (Å²) in [5, 5.41) is 0. The van der Waals surface area contributed by atoms with E-state index < -0.39 is 0 Å². The number of hydrogen-bond donors (Lipinski definition) is 0. The minimum absolute atomic E-state index is 0.228. The molecule has 0 aliphatic rings. The number of hydrogen-bond acceptors (Lipinski definition) is 0. The summed E-state index contributed by atoms with van der Waals surface area (Å²) in [6.45, 7) is 0. The molecule has 0 heterocycles.